The molecular formula is C10H11IN2O. The Bertz CT molecular complexity index is 326. The summed E-state index contributed by atoms with van der Waals surface area (Å²) in [5.41, 5.74) is 6.88. The Hall–Kier alpha value is -0.620. The lowest BCUT2D eigenvalue weighted by Crippen LogP contribution is -2.44. The molecule has 1 aliphatic rings. The first-order valence-corrected chi connectivity index (χ1v) is 5.63. The van der Waals surface area contributed by atoms with Crippen molar-refractivity contribution in [1.29, 1.82) is 0 Å². The highest BCUT2D eigenvalue weighted by Gasteiger charge is 2.18. The molecule has 1 fully saturated rings. The van der Waals surface area contributed by atoms with Crippen molar-refractivity contribution < 1.29 is 4.79 Å². The lowest BCUT2D eigenvalue weighted by Gasteiger charge is -2.24. The third kappa shape index (κ3) is 2.24. The zero-order valence-corrected chi connectivity index (χ0v) is 9.74. The smallest absolute Gasteiger partial charge is 0.234 e. The molecule has 1 atom stereocenters. The number of hydrazine groups is 1. The maximum absolute atomic E-state index is 10.9. The zero-order chi connectivity index (χ0) is 9.97. The van der Waals surface area contributed by atoms with E-state index in [1.807, 2.05) is 0 Å². The van der Waals surface area contributed by atoms with E-state index < -0.39 is 0 Å². The first kappa shape index (κ1) is 9.92. The van der Waals surface area contributed by atoms with Gasteiger partial charge in [-0.3, -0.25) is 10.2 Å². The molecule has 1 heterocycles. The average Bonchev–Trinajstić information content (AvgIpc) is 2.21. The Labute approximate surface area is 96.4 Å². The predicted octanol–water partition coefficient (Wildman–Crippen LogP) is 1.75. The van der Waals surface area contributed by atoms with Gasteiger partial charge in [0.25, 0.3) is 0 Å². The van der Waals surface area contributed by atoms with Crippen molar-refractivity contribution in [3.05, 3.63) is 33.4 Å². The molecule has 0 saturated carbocycles. The van der Waals surface area contributed by atoms with Crippen molar-refractivity contribution >= 4 is 28.5 Å². The van der Waals surface area contributed by atoms with Crippen molar-refractivity contribution in [1.82, 2.24) is 10.9 Å². The van der Waals surface area contributed by atoms with Crippen molar-refractivity contribution in [2.45, 2.75) is 18.9 Å². The van der Waals surface area contributed by atoms with Crippen LogP contribution in [0.4, 0.5) is 0 Å². The third-order valence-corrected chi connectivity index (χ3v) is 3.04. The van der Waals surface area contributed by atoms with E-state index in [0.717, 1.165) is 6.42 Å². The summed E-state index contributed by atoms with van der Waals surface area (Å²) in [5.74, 6) is 0.0757. The summed E-state index contributed by atoms with van der Waals surface area (Å²) < 4.78 is 1.23. The van der Waals surface area contributed by atoms with Gasteiger partial charge in [0.1, 0.15) is 0 Å². The fourth-order valence-corrected chi connectivity index (χ4v) is 1.88. The lowest BCUT2D eigenvalue weighted by atomic mass is 10.0. The Morgan fingerprint density at radius 2 is 2.00 bits per heavy atom. The summed E-state index contributed by atoms with van der Waals surface area (Å²) in [6.07, 6.45) is 1.47. The van der Waals surface area contributed by atoms with Crippen LogP contribution < -0.4 is 10.9 Å². The monoisotopic (exact) mass is 302 g/mol. The van der Waals surface area contributed by atoms with Crippen LogP contribution in [0, 0.1) is 3.57 Å². The van der Waals surface area contributed by atoms with Crippen molar-refractivity contribution in [2.24, 2.45) is 0 Å². The molecule has 1 amide bonds. The minimum Gasteiger partial charge on any atom is -0.291 e. The topological polar surface area (TPSA) is 41.1 Å². The Morgan fingerprint density at radius 1 is 1.29 bits per heavy atom. The van der Waals surface area contributed by atoms with E-state index in [1.165, 1.54) is 9.13 Å². The zero-order valence-electron chi connectivity index (χ0n) is 7.59. The summed E-state index contributed by atoms with van der Waals surface area (Å²) in [7, 11) is 0. The Balaban J connectivity index is 2.08. The molecule has 3 nitrogen and oxygen atoms in total. The van der Waals surface area contributed by atoms with Crippen LogP contribution in [0.3, 0.4) is 0 Å². The first-order chi connectivity index (χ1) is 6.75. The quantitative estimate of drug-likeness (QED) is 0.776. The van der Waals surface area contributed by atoms with E-state index in [-0.39, 0.29) is 11.9 Å². The first-order valence-electron chi connectivity index (χ1n) is 4.55. The molecule has 0 radical (unpaired) electrons. The number of amides is 1. The molecule has 0 bridgehead atoms. The van der Waals surface area contributed by atoms with Gasteiger partial charge in [0.15, 0.2) is 0 Å². The Morgan fingerprint density at radius 3 is 2.57 bits per heavy atom. The second-order valence-corrected chi connectivity index (χ2v) is 4.58. The number of carbonyl (C=O) groups is 1. The highest BCUT2D eigenvalue weighted by Crippen LogP contribution is 2.20. The number of nitrogens with one attached hydrogen (secondary N) is 2. The molecular weight excluding hydrogens is 291 g/mol. The number of rotatable bonds is 1. The van der Waals surface area contributed by atoms with E-state index in [0.29, 0.717) is 6.42 Å². The molecule has 0 spiro atoms. The molecule has 0 aliphatic carbocycles. The largest absolute Gasteiger partial charge is 0.291 e. The number of carbonyl (C=O) groups excluding carboxylic acids is 1. The number of benzene rings is 1. The molecule has 2 rings (SSSR count). The van der Waals surface area contributed by atoms with E-state index >= 15 is 0 Å². The van der Waals surface area contributed by atoms with E-state index in [2.05, 4.69) is 57.7 Å². The van der Waals surface area contributed by atoms with Crippen LogP contribution in [-0.2, 0) is 4.79 Å². The van der Waals surface area contributed by atoms with Crippen molar-refractivity contribution in [3.8, 4) is 0 Å². The minimum absolute atomic E-state index is 0.0757. The van der Waals surface area contributed by atoms with Gasteiger partial charge in [-0.2, -0.15) is 0 Å². The maximum Gasteiger partial charge on any atom is 0.234 e. The van der Waals surface area contributed by atoms with Crippen molar-refractivity contribution in [2.75, 3.05) is 0 Å². The third-order valence-electron chi connectivity index (χ3n) is 2.32. The predicted molar refractivity (Wildman–Crippen MR) is 62.4 cm³/mol. The molecule has 4 heteroatoms. The second kappa shape index (κ2) is 4.27. The molecule has 1 aromatic rings. The van der Waals surface area contributed by atoms with Gasteiger partial charge in [0, 0.05) is 9.99 Å². The molecule has 2 N–H and O–H groups in total. The van der Waals surface area contributed by atoms with Gasteiger partial charge in [0.05, 0.1) is 6.04 Å². The summed E-state index contributed by atoms with van der Waals surface area (Å²) in [6.45, 7) is 0. The summed E-state index contributed by atoms with van der Waals surface area (Å²) in [6, 6.07) is 8.60. The minimum atomic E-state index is 0.0757. The van der Waals surface area contributed by atoms with Gasteiger partial charge >= 0.3 is 0 Å². The SMILES string of the molecule is O=C1CCC(c2ccc(I)cc2)NN1. The fraction of sp³-hybridized carbons (Fsp3) is 0.300. The van der Waals surface area contributed by atoms with Gasteiger partial charge in [-0.05, 0) is 46.7 Å². The van der Waals surface area contributed by atoms with Gasteiger partial charge in [-0.25, -0.2) is 5.43 Å². The van der Waals surface area contributed by atoms with Crippen molar-refractivity contribution in [3.63, 3.8) is 0 Å². The summed E-state index contributed by atoms with van der Waals surface area (Å²) in [5, 5.41) is 0. The standard InChI is InChI=1S/C10H11IN2O/c11-8-3-1-7(2-4-8)9-5-6-10(14)13-12-9/h1-4,9,12H,5-6H2,(H,13,14). The van der Waals surface area contributed by atoms with Crippen LogP contribution in [0.5, 0.6) is 0 Å². The molecule has 1 aliphatic heterocycles. The molecule has 14 heavy (non-hydrogen) atoms. The van der Waals surface area contributed by atoms with Gasteiger partial charge in [0.2, 0.25) is 5.91 Å². The number of hydrogen-bond donors (Lipinski definition) is 2. The molecule has 74 valence electrons. The maximum atomic E-state index is 10.9. The van der Waals surface area contributed by atoms with Crippen LogP contribution in [0.15, 0.2) is 24.3 Å². The van der Waals surface area contributed by atoms with Crippen LogP contribution in [0.25, 0.3) is 0 Å². The molecule has 1 aromatic carbocycles. The summed E-state index contributed by atoms with van der Waals surface area (Å²) >= 11 is 2.28. The second-order valence-electron chi connectivity index (χ2n) is 3.34. The highest BCUT2D eigenvalue weighted by molar-refractivity contribution is 14.1. The normalized spacial score (nSPS) is 21.8. The molecule has 1 unspecified atom stereocenters. The summed E-state index contributed by atoms with van der Waals surface area (Å²) in [4.78, 5) is 10.9. The van der Waals surface area contributed by atoms with Gasteiger partial charge in [-0.1, -0.05) is 12.1 Å². The van der Waals surface area contributed by atoms with Gasteiger partial charge < -0.3 is 0 Å². The van der Waals surface area contributed by atoms with Crippen LogP contribution in [0.1, 0.15) is 24.4 Å². The molecule has 0 aromatic heterocycles. The van der Waals surface area contributed by atoms with E-state index in [1.54, 1.807) is 0 Å². The van der Waals surface area contributed by atoms with Crippen LogP contribution in [-0.4, -0.2) is 5.91 Å². The van der Waals surface area contributed by atoms with Crippen LogP contribution in [0.2, 0.25) is 0 Å². The average molecular weight is 302 g/mol. The van der Waals surface area contributed by atoms with E-state index in [4.69, 9.17) is 0 Å². The highest BCUT2D eigenvalue weighted by atomic mass is 127. The van der Waals surface area contributed by atoms with E-state index in [9.17, 15) is 4.79 Å². The lowest BCUT2D eigenvalue weighted by molar-refractivity contribution is -0.124. The molecule has 1 saturated heterocycles. The number of halogens is 1. The fourth-order valence-electron chi connectivity index (χ4n) is 1.52. The van der Waals surface area contributed by atoms with Gasteiger partial charge in [-0.15, -0.1) is 0 Å². The number of hydrogen-bond acceptors (Lipinski definition) is 2. The van der Waals surface area contributed by atoms with Crippen LogP contribution >= 0.6 is 22.6 Å². The Kier molecular flexibility index (Phi) is 3.02.